The Bertz CT molecular complexity index is 966. The molecule has 0 saturated heterocycles. The monoisotopic (exact) mass is 428 g/mol. The first-order chi connectivity index (χ1) is 14.3. The fourth-order valence-corrected chi connectivity index (χ4v) is 3.59. The molecule has 1 aromatic carbocycles. The van der Waals surface area contributed by atoms with Crippen LogP contribution in [0.2, 0.25) is 5.02 Å². The Morgan fingerprint density at radius 3 is 2.77 bits per heavy atom. The van der Waals surface area contributed by atoms with Gasteiger partial charge in [0.25, 0.3) is 0 Å². The number of rotatable bonds is 2. The molecule has 0 radical (unpaired) electrons. The van der Waals surface area contributed by atoms with Gasteiger partial charge in [0.05, 0.1) is 10.7 Å². The molecule has 7 heteroatoms. The van der Waals surface area contributed by atoms with E-state index >= 15 is 0 Å². The molecule has 3 heterocycles. The number of hydrogen-bond donors (Lipinski definition) is 0. The maximum atomic E-state index is 12.3. The summed E-state index contributed by atoms with van der Waals surface area (Å²) in [6, 6.07) is 9.53. The molecule has 1 aromatic heterocycles. The zero-order valence-corrected chi connectivity index (χ0v) is 18.1. The van der Waals surface area contributed by atoms with E-state index in [1.165, 1.54) is 0 Å². The van der Waals surface area contributed by atoms with Crippen molar-refractivity contribution in [2.75, 3.05) is 19.7 Å². The van der Waals surface area contributed by atoms with Gasteiger partial charge in [-0.25, -0.2) is 4.79 Å². The van der Waals surface area contributed by atoms with Crippen LogP contribution in [0.4, 0.5) is 4.79 Å². The normalized spacial score (nSPS) is 18.6. The number of para-hydroxylation sites is 1. The van der Waals surface area contributed by atoms with Gasteiger partial charge >= 0.3 is 6.09 Å². The lowest BCUT2D eigenvalue weighted by Crippen LogP contribution is -2.39. The number of fused-ring (bicyclic) bond motifs is 1. The number of pyridine rings is 1. The molecule has 2 aromatic rings. The molecule has 1 atom stereocenters. The molecule has 2 aliphatic rings. The quantitative estimate of drug-likeness (QED) is 0.651. The second kappa shape index (κ2) is 8.19. The molecule has 0 fully saturated rings. The molecule has 30 heavy (non-hydrogen) atoms. The minimum atomic E-state index is -0.504. The molecule has 0 spiro atoms. The van der Waals surface area contributed by atoms with E-state index in [-0.39, 0.29) is 12.2 Å². The molecule has 6 nitrogen and oxygen atoms in total. The Kier molecular flexibility index (Phi) is 5.60. The fraction of sp³-hybridized carbons (Fsp3) is 0.391. The summed E-state index contributed by atoms with van der Waals surface area (Å²) in [5, 5.41) is 0.582. The molecule has 0 N–H and O–H groups in total. The van der Waals surface area contributed by atoms with Gasteiger partial charge in [0.2, 0.25) is 0 Å². The van der Waals surface area contributed by atoms with Gasteiger partial charge in [-0.05, 0) is 51.0 Å². The van der Waals surface area contributed by atoms with Crippen molar-refractivity contribution >= 4 is 23.3 Å². The van der Waals surface area contributed by atoms with Gasteiger partial charge < -0.3 is 19.1 Å². The molecule has 1 amide bonds. The van der Waals surface area contributed by atoms with Crippen LogP contribution in [0, 0.1) is 0 Å². The van der Waals surface area contributed by atoms with Gasteiger partial charge in [0.15, 0.2) is 17.6 Å². The average Bonchev–Trinajstić information content (AvgIpc) is 2.72. The van der Waals surface area contributed by atoms with Gasteiger partial charge in [0, 0.05) is 24.8 Å². The van der Waals surface area contributed by atoms with Crippen LogP contribution in [-0.2, 0) is 4.74 Å². The summed E-state index contributed by atoms with van der Waals surface area (Å²) in [6.45, 7) is 7.09. The topological polar surface area (TPSA) is 60.9 Å². The smallest absolute Gasteiger partial charge is 0.410 e. The number of hydrogen-bond acceptors (Lipinski definition) is 5. The highest BCUT2D eigenvalue weighted by Gasteiger charge is 2.29. The van der Waals surface area contributed by atoms with Gasteiger partial charge in [-0.15, -0.1) is 0 Å². The standard InChI is InChI=1S/C23H25ClN2O4/c1-23(2,3)30-22(27)26-11-9-15(10-12-26)17-5-4-6-19-21(17)29-20(14-28-19)18-8-7-16(24)13-25-18/h4-9,13,20H,10-12,14H2,1-3H3. The van der Waals surface area contributed by atoms with Crippen molar-refractivity contribution in [3.8, 4) is 11.5 Å². The molecule has 158 valence electrons. The maximum Gasteiger partial charge on any atom is 0.410 e. The van der Waals surface area contributed by atoms with E-state index in [2.05, 4.69) is 11.1 Å². The molecule has 0 bridgehead atoms. The summed E-state index contributed by atoms with van der Waals surface area (Å²) >= 11 is 5.95. The number of halogens is 1. The molecule has 1 unspecified atom stereocenters. The molecule has 0 aliphatic carbocycles. The van der Waals surface area contributed by atoms with Crippen LogP contribution in [0.3, 0.4) is 0 Å². The van der Waals surface area contributed by atoms with Gasteiger partial charge in [0.1, 0.15) is 12.2 Å². The molecular formula is C23H25ClN2O4. The molecular weight excluding hydrogens is 404 g/mol. The number of carbonyl (C=O) groups is 1. The minimum absolute atomic E-state index is 0.290. The summed E-state index contributed by atoms with van der Waals surface area (Å²) < 4.78 is 17.7. The molecule has 2 aliphatic heterocycles. The van der Waals surface area contributed by atoms with Crippen molar-refractivity contribution in [1.82, 2.24) is 9.88 Å². The molecule has 4 rings (SSSR count). The van der Waals surface area contributed by atoms with Crippen molar-refractivity contribution in [2.45, 2.75) is 38.9 Å². The van der Waals surface area contributed by atoms with Crippen LogP contribution in [0.15, 0.2) is 42.6 Å². The second-order valence-corrected chi connectivity index (χ2v) is 8.79. The largest absolute Gasteiger partial charge is 0.485 e. The Morgan fingerprint density at radius 1 is 1.27 bits per heavy atom. The number of amides is 1. The summed E-state index contributed by atoms with van der Waals surface area (Å²) in [7, 11) is 0. The van der Waals surface area contributed by atoms with Crippen LogP contribution in [0.25, 0.3) is 5.57 Å². The molecule has 0 saturated carbocycles. The van der Waals surface area contributed by atoms with E-state index in [1.54, 1.807) is 17.2 Å². The third-order valence-electron chi connectivity index (χ3n) is 4.92. The van der Waals surface area contributed by atoms with E-state index in [1.807, 2.05) is 45.0 Å². The predicted octanol–water partition coefficient (Wildman–Crippen LogP) is 5.27. The van der Waals surface area contributed by atoms with E-state index < -0.39 is 5.60 Å². The van der Waals surface area contributed by atoms with Crippen molar-refractivity contribution < 1.29 is 19.0 Å². The number of ether oxygens (including phenoxy) is 3. The van der Waals surface area contributed by atoms with Gasteiger partial charge in [-0.3, -0.25) is 4.98 Å². The highest BCUT2D eigenvalue weighted by atomic mass is 35.5. The maximum absolute atomic E-state index is 12.3. The number of carbonyl (C=O) groups excluding carboxylic acids is 1. The van der Waals surface area contributed by atoms with Crippen LogP contribution in [-0.4, -0.2) is 41.3 Å². The first-order valence-electron chi connectivity index (χ1n) is 10.0. The van der Waals surface area contributed by atoms with Crippen molar-refractivity contribution in [2.24, 2.45) is 0 Å². The summed E-state index contributed by atoms with van der Waals surface area (Å²) in [6.07, 6.45) is 3.77. The van der Waals surface area contributed by atoms with E-state index in [4.69, 9.17) is 25.8 Å². The lowest BCUT2D eigenvalue weighted by molar-refractivity contribution is 0.0270. The van der Waals surface area contributed by atoms with Gasteiger partial charge in [-0.2, -0.15) is 0 Å². The third kappa shape index (κ3) is 4.54. The highest BCUT2D eigenvalue weighted by Crippen LogP contribution is 2.42. The SMILES string of the molecule is CC(C)(C)OC(=O)N1CC=C(c2cccc3c2OC(c2ccc(Cl)cn2)CO3)CC1. The van der Waals surface area contributed by atoms with Crippen molar-refractivity contribution in [1.29, 1.82) is 0 Å². The van der Waals surface area contributed by atoms with E-state index in [0.29, 0.717) is 42.6 Å². The Labute approximate surface area is 181 Å². The lowest BCUT2D eigenvalue weighted by atomic mass is 9.97. The van der Waals surface area contributed by atoms with E-state index in [9.17, 15) is 4.79 Å². The van der Waals surface area contributed by atoms with Crippen molar-refractivity contribution in [3.05, 3.63) is 58.9 Å². The Hall–Kier alpha value is -2.73. The highest BCUT2D eigenvalue weighted by molar-refractivity contribution is 6.30. The summed E-state index contributed by atoms with van der Waals surface area (Å²) in [4.78, 5) is 18.4. The zero-order chi connectivity index (χ0) is 21.3. The first-order valence-corrected chi connectivity index (χ1v) is 10.4. The van der Waals surface area contributed by atoms with Crippen LogP contribution < -0.4 is 9.47 Å². The van der Waals surface area contributed by atoms with E-state index in [0.717, 1.165) is 16.8 Å². The predicted molar refractivity (Wildman–Crippen MR) is 115 cm³/mol. The van der Waals surface area contributed by atoms with Gasteiger partial charge in [-0.1, -0.05) is 29.8 Å². The summed E-state index contributed by atoms with van der Waals surface area (Å²) in [5.74, 6) is 1.43. The fourth-order valence-electron chi connectivity index (χ4n) is 3.48. The lowest BCUT2D eigenvalue weighted by Gasteiger charge is -2.31. The third-order valence-corrected chi connectivity index (χ3v) is 5.14. The Balaban J connectivity index is 1.53. The van der Waals surface area contributed by atoms with Crippen molar-refractivity contribution in [3.63, 3.8) is 0 Å². The number of nitrogens with zero attached hydrogens (tertiary/aromatic N) is 2. The number of benzene rings is 1. The van der Waals surface area contributed by atoms with Crippen LogP contribution in [0.1, 0.15) is 44.6 Å². The zero-order valence-electron chi connectivity index (χ0n) is 17.4. The van der Waals surface area contributed by atoms with Crippen LogP contribution >= 0.6 is 11.6 Å². The number of aromatic nitrogens is 1. The minimum Gasteiger partial charge on any atom is -0.485 e. The second-order valence-electron chi connectivity index (χ2n) is 8.36. The van der Waals surface area contributed by atoms with Crippen LogP contribution in [0.5, 0.6) is 11.5 Å². The summed E-state index contributed by atoms with van der Waals surface area (Å²) in [5.41, 5.74) is 2.37. The average molecular weight is 429 g/mol. The Morgan fingerprint density at radius 2 is 2.10 bits per heavy atom. The first kappa shape index (κ1) is 20.5.